The molecular formula is C19H31NO3S. The highest BCUT2D eigenvalue weighted by molar-refractivity contribution is 7.89. The van der Waals surface area contributed by atoms with Crippen molar-refractivity contribution in [2.75, 3.05) is 0 Å². The number of hydrogen-bond acceptors (Lipinski definition) is 3. The first-order valence-corrected chi connectivity index (χ1v) is 9.94. The predicted octanol–water partition coefficient (Wildman–Crippen LogP) is 3.49. The van der Waals surface area contributed by atoms with Crippen LogP contribution in [-0.2, 0) is 10.0 Å². The average Bonchev–Trinajstić information content (AvgIpc) is 2.44. The molecule has 1 aromatic carbocycles. The molecular weight excluding hydrogens is 322 g/mol. The summed E-state index contributed by atoms with van der Waals surface area (Å²) in [5, 5.41) is 10.2. The number of aryl methyl sites for hydroxylation is 3. The highest BCUT2D eigenvalue weighted by Gasteiger charge is 2.32. The van der Waals surface area contributed by atoms with Gasteiger partial charge >= 0.3 is 0 Å². The minimum atomic E-state index is -3.69. The predicted molar refractivity (Wildman–Crippen MR) is 99.6 cm³/mol. The Morgan fingerprint density at radius 2 is 1.71 bits per heavy atom. The number of aliphatic hydroxyl groups excluding tert-OH is 1. The number of sulfonamides is 1. The van der Waals surface area contributed by atoms with Gasteiger partial charge in [0, 0.05) is 12.0 Å². The van der Waals surface area contributed by atoms with Crippen molar-refractivity contribution in [3.63, 3.8) is 0 Å². The topological polar surface area (TPSA) is 66.4 Å². The number of rotatable bonds is 8. The van der Waals surface area contributed by atoms with Gasteiger partial charge in [-0.25, -0.2) is 13.1 Å². The van der Waals surface area contributed by atoms with Crippen LogP contribution in [0.4, 0.5) is 0 Å². The van der Waals surface area contributed by atoms with Crippen LogP contribution in [0.25, 0.3) is 0 Å². The lowest BCUT2D eigenvalue weighted by molar-refractivity contribution is 0.0996. The van der Waals surface area contributed by atoms with Crippen LogP contribution >= 0.6 is 0 Å². The zero-order valence-corrected chi connectivity index (χ0v) is 16.4. The first-order valence-electron chi connectivity index (χ1n) is 8.45. The average molecular weight is 354 g/mol. The van der Waals surface area contributed by atoms with Gasteiger partial charge in [0.05, 0.1) is 11.0 Å². The van der Waals surface area contributed by atoms with Gasteiger partial charge in [-0.2, -0.15) is 0 Å². The van der Waals surface area contributed by atoms with Gasteiger partial charge < -0.3 is 5.11 Å². The third-order valence-electron chi connectivity index (χ3n) is 4.43. The van der Waals surface area contributed by atoms with E-state index in [9.17, 15) is 13.5 Å². The van der Waals surface area contributed by atoms with E-state index in [1.165, 1.54) is 0 Å². The van der Waals surface area contributed by atoms with Crippen molar-refractivity contribution < 1.29 is 13.5 Å². The Morgan fingerprint density at radius 1 is 1.21 bits per heavy atom. The maximum absolute atomic E-state index is 13.0. The molecule has 1 rings (SSSR count). The van der Waals surface area contributed by atoms with Crippen LogP contribution < -0.4 is 4.72 Å². The lowest BCUT2D eigenvalue weighted by atomic mass is 9.86. The fraction of sp³-hybridized carbons (Fsp3) is 0.579. The molecule has 0 aromatic heterocycles. The van der Waals surface area contributed by atoms with E-state index in [0.717, 1.165) is 16.7 Å². The molecule has 4 nitrogen and oxygen atoms in total. The zero-order chi connectivity index (χ0) is 18.7. The second-order valence-corrected chi connectivity index (χ2v) is 8.56. The van der Waals surface area contributed by atoms with Gasteiger partial charge in [0.1, 0.15) is 0 Å². The fourth-order valence-corrected chi connectivity index (χ4v) is 5.17. The summed E-state index contributed by atoms with van der Waals surface area (Å²) in [7, 11) is -3.69. The molecule has 2 N–H and O–H groups in total. The van der Waals surface area contributed by atoms with Crippen molar-refractivity contribution in [2.24, 2.45) is 11.8 Å². The monoisotopic (exact) mass is 353 g/mol. The van der Waals surface area contributed by atoms with Crippen LogP contribution in [0.3, 0.4) is 0 Å². The van der Waals surface area contributed by atoms with Crippen molar-refractivity contribution in [3.05, 3.63) is 41.5 Å². The zero-order valence-electron chi connectivity index (χ0n) is 15.6. The summed E-state index contributed by atoms with van der Waals surface area (Å²) in [5.74, 6) is -0.314. The molecule has 0 saturated heterocycles. The van der Waals surface area contributed by atoms with E-state index in [-0.39, 0.29) is 11.8 Å². The van der Waals surface area contributed by atoms with Crippen LogP contribution in [-0.4, -0.2) is 25.7 Å². The minimum Gasteiger partial charge on any atom is -0.392 e. The van der Waals surface area contributed by atoms with Crippen LogP contribution in [0.5, 0.6) is 0 Å². The molecule has 136 valence electrons. The van der Waals surface area contributed by atoms with Crippen molar-refractivity contribution >= 4 is 10.0 Å². The summed E-state index contributed by atoms with van der Waals surface area (Å²) >= 11 is 0. The van der Waals surface area contributed by atoms with Gasteiger partial charge in [0.15, 0.2) is 0 Å². The molecule has 0 saturated carbocycles. The Bertz CT molecular complexity index is 657. The van der Waals surface area contributed by atoms with Gasteiger partial charge in [0.2, 0.25) is 10.0 Å². The van der Waals surface area contributed by atoms with Gasteiger partial charge in [-0.05, 0) is 44.2 Å². The molecule has 0 spiro atoms. The summed E-state index contributed by atoms with van der Waals surface area (Å²) in [5.41, 5.74) is 2.50. The molecule has 0 fully saturated rings. The molecule has 0 aliphatic rings. The minimum absolute atomic E-state index is 0.0232. The number of aliphatic hydroxyl groups is 1. The first kappa shape index (κ1) is 20.9. The maximum atomic E-state index is 13.0. The van der Waals surface area contributed by atoms with Crippen molar-refractivity contribution in [1.82, 2.24) is 4.72 Å². The summed E-state index contributed by atoms with van der Waals surface area (Å²) in [6.07, 6.45) is 1.57. The van der Waals surface area contributed by atoms with Crippen molar-refractivity contribution in [2.45, 2.75) is 65.0 Å². The SMILES string of the molecule is C=C[C@@H]([C@H](O)CC)[C@@H](NS(=O)(=O)c1c(C)cc(C)cc1C)C(C)C. The summed E-state index contributed by atoms with van der Waals surface area (Å²) in [4.78, 5) is 0.326. The Kier molecular flexibility index (Phi) is 7.20. The Labute approximate surface area is 147 Å². The fourth-order valence-electron chi connectivity index (χ4n) is 3.30. The number of hydrogen-bond donors (Lipinski definition) is 2. The molecule has 0 unspecified atom stereocenters. The summed E-state index contributed by atoms with van der Waals surface area (Å²) in [6.45, 7) is 15.1. The van der Waals surface area contributed by atoms with Crippen LogP contribution in [0.15, 0.2) is 29.7 Å². The Morgan fingerprint density at radius 3 is 2.08 bits per heavy atom. The lowest BCUT2D eigenvalue weighted by Crippen LogP contribution is -2.47. The first-order chi connectivity index (χ1) is 11.0. The second kappa shape index (κ2) is 8.28. The molecule has 24 heavy (non-hydrogen) atoms. The molecule has 5 heteroatoms. The quantitative estimate of drug-likeness (QED) is 0.703. The van der Waals surface area contributed by atoms with Gasteiger partial charge in [-0.15, -0.1) is 6.58 Å². The van der Waals surface area contributed by atoms with Gasteiger partial charge in [-0.1, -0.05) is 44.5 Å². The Balaban J connectivity index is 3.30. The van der Waals surface area contributed by atoms with Gasteiger partial charge in [0.25, 0.3) is 0 Å². The molecule has 0 radical (unpaired) electrons. The van der Waals surface area contributed by atoms with E-state index in [4.69, 9.17) is 0 Å². The third-order valence-corrected chi connectivity index (χ3v) is 6.20. The molecule has 0 bridgehead atoms. The number of nitrogens with one attached hydrogen (secondary N) is 1. The molecule has 0 aliphatic carbocycles. The lowest BCUT2D eigenvalue weighted by Gasteiger charge is -2.32. The standard InChI is InChI=1S/C19H31NO3S/c1-8-16(17(21)9-2)18(12(3)4)20-24(22,23)19-14(6)10-13(5)11-15(19)7/h8,10-12,16-18,20-21H,1,9H2,2-7H3/t16-,17+,18-/m0/s1. The molecule has 0 heterocycles. The number of benzene rings is 1. The highest BCUT2D eigenvalue weighted by atomic mass is 32.2. The van der Waals surface area contributed by atoms with E-state index < -0.39 is 22.2 Å². The van der Waals surface area contributed by atoms with Crippen molar-refractivity contribution in [1.29, 1.82) is 0 Å². The smallest absolute Gasteiger partial charge is 0.241 e. The second-order valence-electron chi connectivity index (χ2n) is 6.91. The molecule has 0 aliphatic heterocycles. The highest BCUT2D eigenvalue weighted by Crippen LogP contribution is 2.26. The van der Waals surface area contributed by atoms with E-state index >= 15 is 0 Å². The van der Waals surface area contributed by atoms with Crippen LogP contribution in [0.1, 0.15) is 43.9 Å². The van der Waals surface area contributed by atoms with Crippen LogP contribution in [0.2, 0.25) is 0 Å². The summed E-state index contributed by atoms with van der Waals surface area (Å²) < 4.78 is 28.8. The largest absolute Gasteiger partial charge is 0.392 e. The van der Waals surface area contributed by atoms with E-state index in [1.807, 2.05) is 53.7 Å². The van der Waals surface area contributed by atoms with Gasteiger partial charge in [-0.3, -0.25) is 0 Å². The summed E-state index contributed by atoms with van der Waals surface area (Å²) in [6, 6.07) is 3.33. The van der Waals surface area contributed by atoms with E-state index in [1.54, 1.807) is 6.08 Å². The molecule has 1 aromatic rings. The molecule has 3 atom stereocenters. The molecule has 0 amide bonds. The van der Waals surface area contributed by atoms with Crippen molar-refractivity contribution in [3.8, 4) is 0 Å². The van der Waals surface area contributed by atoms with E-state index in [0.29, 0.717) is 11.3 Å². The maximum Gasteiger partial charge on any atom is 0.241 e. The third kappa shape index (κ3) is 4.68. The van der Waals surface area contributed by atoms with E-state index in [2.05, 4.69) is 11.3 Å². The Hall–Kier alpha value is -1.17. The van der Waals surface area contributed by atoms with Crippen LogP contribution in [0, 0.1) is 32.6 Å². The normalized spacial score (nSPS) is 16.0.